The van der Waals surface area contributed by atoms with Crippen LogP contribution in [0.1, 0.15) is 99.0 Å². The number of rotatable bonds is 25. The van der Waals surface area contributed by atoms with Gasteiger partial charge in [0.15, 0.2) is 5.78 Å². The predicted octanol–water partition coefficient (Wildman–Crippen LogP) is 5.43. The Morgan fingerprint density at radius 2 is 0.863 bits per heavy atom. The molecular formula is C78H82N6NaO16P. The third kappa shape index (κ3) is 16.6. The number of β-lactam (4-membered cyclic amide) rings is 3. The molecule has 6 amide bonds. The van der Waals surface area contributed by atoms with E-state index in [1.165, 1.54) is 17.1 Å². The number of amides is 6. The number of fused-ring (bicyclic) bond motifs is 2. The van der Waals surface area contributed by atoms with Crippen molar-refractivity contribution in [2.75, 3.05) is 13.2 Å². The third-order valence-corrected chi connectivity index (χ3v) is 22.7. The van der Waals surface area contributed by atoms with Gasteiger partial charge in [0.05, 0.1) is 47.5 Å². The molecule has 526 valence electrons. The zero-order valence-corrected chi connectivity index (χ0v) is 61.0. The molecule has 0 aliphatic carbocycles. The smallest absolute Gasteiger partial charge is 0.543 e. The van der Waals surface area contributed by atoms with E-state index >= 15 is 0 Å². The molecular weight excluding hydrogens is 1330 g/mol. The molecule has 11 rings (SSSR count). The van der Waals surface area contributed by atoms with Crippen LogP contribution in [0.3, 0.4) is 0 Å². The molecule has 0 bridgehead atoms. The quantitative estimate of drug-likeness (QED) is 0.0122. The second kappa shape index (κ2) is 34.5. The van der Waals surface area contributed by atoms with Crippen molar-refractivity contribution in [3.8, 4) is 0 Å². The average molecular weight is 1410 g/mol. The molecule has 102 heavy (non-hydrogen) atoms. The molecule has 3 saturated heterocycles. The summed E-state index contributed by atoms with van der Waals surface area (Å²) < 4.78 is 25.4. The molecule has 0 unspecified atom stereocenters. The number of carboxylic acids is 1. The van der Waals surface area contributed by atoms with Crippen LogP contribution in [0.15, 0.2) is 200 Å². The monoisotopic (exact) mass is 1410 g/mol. The van der Waals surface area contributed by atoms with Crippen molar-refractivity contribution in [2.24, 2.45) is 52.7 Å². The Kier molecular flexibility index (Phi) is 26.3. The standard InChI is InChI=1S/C39H39N2O6P.C21H24N2O5.C18H20N2O5.Na/c1-4-24-46-38(44)37(48(30-14-8-5-9-15-30,31-16-10-6-11-17-31)32-18-12-7-13-19-32)41-33(35(27(2)3)36(41)43)25-34(42)29-22-20-28(21-23-29)26-47-39(40)45;1-4-9-27-20(25)18-15(10-16-17(12(2)3)19(24)23(16)18)14-7-5-13(6-8-14)11-28-21(22)26;1-9(2)14-13-7-12(15(17(22)23)20(13)16(14)21)11-5-3-10(4-6-11)8-25-18(19)24;/h4-23,27,33,35H,1,24-26H2,2-3H3,(H2,40,45);4-8,12,16-17H,1,9-11H2,2-3H3,(H2,22,26);3-6,9,13-14H,7-8H2,1-2H3,(H2,19,24)(H,22,23);/q;;;+1/p-1/t33-,35-;16-,17-;13-,14-;/m111./s1. The summed E-state index contributed by atoms with van der Waals surface area (Å²) in [7, 11) is 0. The maximum absolute atomic E-state index is 14.6. The van der Waals surface area contributed by atoms with E-state index in [-0.39, 0.29) is 145 Å². The number of ether oxygens (including phenoxy) is 5. The third-order valence-electron chi connectivity index (χ3n) is 18.5. The maximum atomic E-state index is 14.6. The van der Waals surface area contributed by atoms with E-state index in [1.807, 2.05) is 145 Å². The van der Waals surface area contributed by atoms with Crippen molar-refractivity contribution in [3.05, 3.63) is 234 Å². The van der Waals surface area contributed by atoms with Crippen LogP contribution < -0.4 is 67.8 Å². The SMILES string of the molecule is C=CCOC(=O)C(N1C(=O)[C@H](C(C)C)[C@H]1CC(=O)c1ccc(COC(N)=O)cc1)=P(c1ccccc1)(c1ccccc1)c1ccccc1.C=CCOC(=O)C1=C(c2ccc(COC(N)=O)cc2)C[C@@H]2[C@@H](C(C)C)C(=O)N12.CC(C)[C@H]1C(=O)N2C(C(=O)[O-])=C(c3ccc(COC(N)=O)cc3)C[C@H]12.[Na+]. The normalized spacial score (nSPS) is 18.5. The number of nitrogens with two attached hydrogens (primary N) is 3. The van der Waals surface area contributed by atoms with Gasteiger partial charge in [0.25, 0.3) is 0 Å². The number of hydrogen-bond donors (Lipinski definition) is 3. The number of esters is 2. The first-order valence-electron chi connectivity index (χ1n) is 33.1. The van der Waals surface area contributed by atoms with Crippen LogP contribution in [0.5, 0.6) is 0 Å². The van der Waals surface area contributed by atoms with Crippen molar-refractivity contribution in [1.29, 1.82) is 0 Å². The molecule has 24 heteroatoms. The van der Waals surface area contributed by atoms with Gasteiger partial charge in [-0.2, -0.15) is 0 Å². The summed E-state index contributed by atoms with van der Waals surface area (Å²) in [5.41, 5.74) is 21.1. The van der Waals surface area contributed by atoms with E-state index in [1.54, 1.807) is 70.5 Å². The molecule has 0 saturated carbocycles. The van der Waals surface area contributed by atoms with Gasteiger partial charge in [-0.05, 0) is 85.5 Å². The van der Waals surface area contributed by atoms with E-state index in [4.69, 9.17) is 40.9 Å². The fraction of sp³-hybridized carbons (Fsp3) is 0.295. The largest absolute Gasteiger partial charge is 1.00 e. The van der Waals surface area contributed by atoms with Gasteiger partial charge >= 0.3 is 59.8 Å². The summed E-state index contributed by atoms with van der Waals surface area (Å²) in [5, 5.41) is 14.2. The molecule has 22 nitrogen and oxygen atoms in total. The van der Waals surface area contributed by atoms with Gasteiger partial charge < -0.3 is 65.5 Å². The predicted molar refractivity (Wildman–Crippen MR) is 379 cm³/mol. The number of carboxylic acid groups (broad SMARTS) is 1. The fourth-order valence-electron chi connectivity index (χ4n) is 13.9. The van der Waals surface area contributed by atoms with Gasteiger partial charge in [-0.15, -0.1) is 0 Å². The van der Waals surface area contributed by atoms with Gasteiger partial charge in [-0.25, -0.2) is 24.0 Å². The summed E-state index contributed by atoms with van der Waals surface area (Å²) >= 11 is 0. The summed E-state index contributed by atoms with van der Waals surface area (Å²) in [5.74, 6) is -3.57. The number of ketones is 1. The number of carbonyl (C=O) groups excluding carboxylic acids is 10. The molecule has 6 atom stereocenters. The topological polar surface area (TPSA) is 328 Å². The van der Waals surface area contributed by atoms with E-state index in [0.29, 0.717) is 40.8 Å². The zero-order valence-electron chi connectivity index (χ0n) is 58.1. The van der Waals surface area contributed by atoms with Crippen molar-refractivity contribution >= 4 is 99.1 Å². The van der Waals surface area contributed by atoms with Crippen LogP contribution >= 0.6 is 6.89 Å². The molecule has 3 fully saturated rings. The summed E-state index contributed by atoms with van der Waals surface area (Å²) in [6.45, 7) is 16.2. The minimum atomic E-state index is -3.10. The Morgan fingerprint density at radius 3 is 1.23 bits per heavy atom. The molecule has 6 aromatic carbocycles. The van der Waals surface area contributed by atoms with E-state index in [2.05, 4.69) is 13.2 Å². The molecule has 5 aliphatic rings. The number of hydrogen-bond acceptors (Lipinski definition) is 16. The Balaban J connectivity index is 0.000000208. The Hall–Kier alpha value is -10.1. The van der Waals surface area contributed by atoms with Gasteiger partial charge in [0.1, 0.15) is 44.1 Å². The summed E-state index contributed by atoms with van der Waals surface area (Å²) in [4.78, 5) is 129. The van der Waals surface area contributed by atoms with Gasteiger partial charge in [0, 0.05) is 18.9 Å². The van der Waals surface area contributed by atoms with Crippen LogP contribution in [0.4, 0.5) is 14.4 Å². The number of nitrogens with zero attached hydrogens (tertiary/aromatic N) is 3. The van der Waals surface area contributed by atoms with Crippen molar-refractivity contribution in [1.82, 2.24) is 14.7 Å². The Morgan fingerprint density at radius 1 is 0.500 bits per heavy atom. The maximum Gasteiger partial charge on any atom is 1.00 e. The number of likely N-dealkylation sites (tertiary alicyclic amines) is 1. The number of primary amides is 3. The fourth-order valence-corrected chi connectivity index (χ4v) is 18.3. The van der Waals surface area contributed by atoms with Crippen LogP contribution in [0.25, 0.3) is 11.1 Å². The number of aliphatic carboxylic acids is 1. The second-order valence-corrected chi connectivity index (χ2v) is 29.1. The van der Waals surface area contributed by atoms with Crippen LogP contribution in [0, 0.1) is 35.5 Å². The summed E-state index contributed by atoms with van der Waals surface area (Å²) in [6.07, 6.45) is 1.50. The van der Waals surface area contributed by atoms with E-state index in [0.717, 1.165) is 38.2 Å². The van der Waals surface area contributed by atoms with Crippen molar-refractivity contribution in [3.63, 3.8) is 0 Å². The van der Waals surface area contributed by atoms with Crippen LogP contribution in [-0.2, 0) is 72.3 Å². The number of benzene rings is 6. The first kappa shape index (κ1) is 77.6. The van der Waals surface area contributed by atoms with Gasteiger partial charge in [-0.1, -0.05) is 231 Å². The summed E-state index contributed by atoms with van der Waals surface area (Å²) in [6, 6.07) is 49.5. The van der Waals surface area contributed by atoms with Crippen LogP contribution in [-0.4, -0.2) is 111 Å². The molecule has 5 aliphatic heterocycles. The van der Waals surface area contributed by atoms with E-state index in [9.17, 15) is 53.1 Å². The molecule has 6 aromatic rings. The molecule has 0 aromatic heterocycles. The Labute approximate surface area is 614 Å². The van der Waals surface area contributed by atoms with Crippen molar-refractivity contribution in [2.45, 2.75) is 98.8 Å². The molecule has 0 radical (unpaired) electrons. The van der Waals surface area contributed by atoms with Gasteiger partial charge in [0.2, 0.25) is 17.7 Å². The van der Waals surface area contributed by atoms with Crippen molar-refractivity contribution < 1.29 is 106 Å². The average Bonchev–Trinajstić information content (AvgIpc) is 0.851. The first-order chi connectivity index (χ1) is 48.3. The molecule has 5 heterocycles. The first-order valence-corrected chi connectivity index (χ1v) is 34.9. The molecule has 6 N–H and O–H groups in total. The molecule has 0 spiro atoms. The zero-order chi connectivity index (χ0) is 73.0. The number of carbonyl (C=O) groups is 10. The van der Waals surface area contributed by atoms with E-state index < -0.39 is 55.0 Å². The minimum Gasteiger partial charge on any atom is -0.543 e. The minimum absolute atomic E-state index is 0. The van der Waals surface area contributed by atoms with Crippen LogP contribution in [0.2, 0.25) is 0 Å². The Bertz CT molecular complexity index is 4170. The van der Waals surface area contributed by atoms with Gasteiger partial charge in [-0.3, -0.25) is 19.2 Å². The number of Topliss-reactive ketones (excluding diaryl/α,β-unsaturated/α-hetero) is 1. The second-order valence-electron chi connectivity index (χ2n) is 25.8.